The number of H-pyrrole nitrogens is 1. The fourth-order valence-electron chi connectivity index (χ4n) is 2.99. The lowest BCUT2D eigenvalue weighted by Gasteiger charge is -2.13. The maximum atomic E-state index is 12.4. The van der Waals surface area contributed by atoms with Gasteiger partial charge in [-0.15, -0.1) is 0 Å². The molecule has 6 nitrogen and oxygen atoms in total. The Morgan fingerprint density at radius 2 is 2.00 bits per heavy atom. The van der Waals surface area contributed by atoms with E-state index in [2.05, 4.69) is 10.3 Å². The zero-order valence-corrected chi connectivity index (χ0v) is 11.8. The number of carbonyl (C=O) groups is 2. The Labute approximate surface area is 126 Å². The lowest BCUT2D eigenvalue weighted by molar-refractivity contribution is -0.141. The minimum absolute atomic E-state index is 0.161. The number of carbonyl (C=O) groups excluding carboxylic acids is 1. The molecule has 0 unspecified atom stereocenters. The van der Waals surface area contributed by atoms with Crippen molar-refractivity contribution in [2.45, 2.75) is 25.3 Å². The molecular weight excluding hydrogens is 284 g/mol. The fourth-order valence-corrected chi connectivity index (χ4v) is 2.99. The summed E-state index contributed by atoms with van der Waals surface area (Å²) in [6, 6.07) is 8.22. The molecular formula is C16H16N2O4. The van der Waals surface area contributed by atoms with Gasteiger partial charge in [0.1, 0.15) is 0 Å². The van der Waals surface area contributed by atoms with Crippen molar-refractivity contribution in [3.05, 3.63) is 46.2 Å². The molecule has 0 saturated heterocycles. The van der Waals surface area contributed by atoms with Crippen molar-refractivity contribution in [1.29, 1.82) is 0 Å². The highest BCUT2D eigenvalue weighted by molar-refractivity contribution is 6.06. The molecule has 1 aromatic carbocycles. The molecule has 114 valence electrons. The van der Waals surface area contributed by atoms with Crippen molar-refractivity contribution in [2.75, 3.05) is 0 Å². The van der Waals surface area contributed by atoms with Gasteiger partial charge >= 0.3 is 5.97 Å². The zero-order chi connectivity index (χ0) is 15.7. The van der Waals surface area contributed by atoms with Gasteiger partial charge in [-0.05, 0) is 25.3 Å². The molecule has 6 heteroatoms. The van der Waals surface area contributed by atoms with Gasteiger partial charge in [-0.25, -0.2) is 0 Å². The van der Waals surface area contributed by atoms with Crippen LogP contribution in [0.1, 0.15) is 29.6 Å². The van der Waals surface area contributed by atoms with Crippen LogP contribution in [0.5, 0.6) is 0 Å². The van der Waals surface area contributed by atoms with Gasteiger partial charge in [0.25, 0.3) is 5.91 Å². The Morgan fingerprint density at radius 1 is 1.23 bits per heavy atom. The molecule has 1 heterocycles. The number of hydrogen-bond acceptors (Lipinski definition) is 3. The third kappa shape index (κ3) is 2.72. The summed E-state index contributed by atoms with van der Waals surface area (Å²) < 4.78 is 0. The number of aromatic amines is 1. The van der Waals surface area contributed by atoms with Gasteiger partial charge in [0, 0.05) is 23.0 Å². The van der Waals surface area contributed by atoms with Crippen LogP contribution in [0.15, 0.2) is 35.1 Å². The second kappa shape index (κ2) is 5.63. The molecule has 1 aliphatic rings. The number of pyridine rings is 1. The van der Waals surface area contributed by atoms with Crippen LogP contribution < -0.4 is 10.9 Å². The number of para-hydroxylation sites is 1. The first kappa shape index (κ1) is 14.3. The van der Waals surface area contributed by atoms with E-state index < -0.39 is 11.9 Å². The number of carboxylic acids is 1. The highest BCUT2D eigenvalue weighted by Gasteiger charge is 2.30. The summed E-state index contributed by atoms with van der Waals surface area (Å²) >= 11 is 0. The quantitative estimate of drug-likeness (QED) is 0.800. The number of carboxylic acid groups (broad SMARTS) is 1. The van der Waals surface area contributed by atoms with Crippen LogP contribution in [0.2, 0.25) is 0 Å². The molecule has 0 aliphatic heterocycles. The van der Waals surface area contributed by atoms with Gasteiger partial charge in [0.2, 0.25) is 5.56 Å². The average molecular weight is 300 g/mol. The maximum absolute atomic E-state index is 12.4. The number of aromatic nitrogens is 1. The van der Waals surface area contributed by atoms with E-state index in [1.807, 2.05) is 0 Å². The predicted molar refractivity (Wildman–Crippen MR) is 80.8 cm³/mol. The van der Waals surface area contributed by atoms with Crippen LogP contribution in [0, 0.1) is 5.92 Å². The summed E-state index contributed by atoms with van der Waals surface area (Å²) in [7, 11) is 0. The molecule has 0 radical (unpaired) electrons. The van der Waals surface area contributed by atoms with Gasteiger partial charge in [-0.1, -0.05) is 18.2 Å². The molecule has 1 aliphatic carbocycles. The topological polar surface area (TPSA) is 99.3 Å². The molecule has 0 spiro atoms. The highest BCUT2D eigenvalue weighted by atomic mass is 16.4. The standard InChI is InChI=1S/C16H16N2O4/c19-14-8-12(11-3-1-2-4-13(11)18-14)15(20)17-10-6-5-9(7-10)16(21)22/h1-4,8-10H,5-7H2,(H,17,20)(H,18,19)(H,21,22)/t9-,10+/m0/s1. The number of amides is 1. The monoisotopic (exact) mass is 300 g/mol. The normalized spacial score (nSPS) is 20.9. The van der Waals surface area contributed by atoms with E-state index in [0.717, 1.165) is 0 Å². The number of aliphatic carboxylic acids is 1. The smallest absolute Gasteiger partial charge is 0.306 e. The summed E-state index contributed by atoms with van der Waals surface area (Å²) in [6.07, 6.45) is 1.64. The van der Waals surface area contributed by atoms with Crippen molar-refractivity contribution >= 4 is 22.8 Å². The van der Waals surface area contributed by atoms with Crippen LogP contribution in [0.4, 0.5) is 0 Å². The number of fused-ring (bicyclic) bond motifs is 1. The Morgan fingerprint density at radius 3 is 2.73 bits per heavy atom. The van der Waals surface area contributed by atoms with E-state index in [-0.39, 0.29) is 17.5 Å². The van der Waals surface area contributed by atoms with Crippen LogP contribution in [0.3, 0.4) is 0 Å². The highest BCUT2D eigenvalue weighted by Crippen LogP contribution is 2.26. The molecule has 3 rings (SSSR count). The Balaban J connectivity index is 1.84. The van der Waals surface area contributed by atoms with Gasteiger partial charge in [-0.2, -0.15) is 0 Å². The van der Waals surface area contributed by atoms with Crippen LogP contribution >= 0.6 is 0 Å². The van der Waals surface area contributed by atoms with Gasteiger partial charge in [0.15, 0.2) is 0 Å². The van der Waals surface area contributed by atoms with E-state index >= 15 is 0 Å². The third-order valence-electron chi connectivity index (χ3n) is 4.11. The molecule has 2 aromatic rings. The number of rotatable bonds is 3. The van der Waals surface area contributed by atoms with Crippen molar-refractivity contribution in [2.24, 2.45) is 5.92 Å². The minimum atomic E-state index is -0.821. The first-order valence-corrected chi connectivity index (χ1v) is 7.20. The first-order chi connectivity index (χ1) is 10.5. The van der Waals surface area contributed by atoms with E-state index in [1.165, 1.54) is 6.07 Å². The van der Waals surface area contributed by atoms with Crippen molar-refractivity contribution in [3.8, 4) is 0 Å². The molecule has 1 aromatic heterocycles. The molecule has 3 N–H and O–H groups in total. The number of benzene rings is 1. The van der Waals surface area contributed by atoms with E-state index in [4.69, 9.17) is 5.11 Å². The van der Waals surface area contributed by atoms with Crippen molar-refractivity contribution in [3.63, 3.8) is 0 Å². The second-order valence-corrected chi connectivity index (χ2v) is 5.61. The molecule has 2 atom stereocenters. The number of hydrogen-bond donors (Lipinski definition) is 3. The minimum Gasteiger partial charge on any atom is -0.481 e. The second-order valence-electron chi connectivity index (χ2n) is 5.61. The molecule has 22 heavy (non-hydrogen) atoms. The maximum Gasteiger partial charge on any atom is 0.306 e. The molecule has 1 amide bonds. The fraction of sp³-hybridized carbons (Fsp3) is 0.312. The van der Waals surface area contributed by atoms with E-state index in [1.54, 1.807) is 24.3 Å². The van der Waals surface area contributed by atoms with Crippen molar-refractivity contribution in [1.82, 2.24) is 10.3 Å². The average Bonchev–Trinajstić information content (AvgIpc) is 2.95. The predicted octanol–water partition coefficient (Wildman–Crippen LogP) is 1.51. The molecule has 0 bridgehead atoms. The Bertz CT molecular complexity index is 796. The summed E-state index contributed by atoms with van der Waals surface area (Å²) in [5.74, 6) is -1.56. The summed E-state index contributed by atoms with van der Waals surface area (Å²) in [6.45, 7) is 0. The van der Waals surface area contributed by atoms with Crippen LogP contribution in [-0.4, -0.2) is 28.0 Å². The SMILES string of the molecule is O=C(N[C@@H]1CC[C@H](C(=O)O)C1)c1cc(=O)[nH]c2ccccc12. The summed E-state index contributed by atoms with van der Waals surface area (Å²) in [4.78, 5) is 37.8. The van der Waals surface area contributed by atoms with Crippen molar-refractivity contribution < 1.29 is 14.7 Å². The Kier molecular flexibility index (Phi) is 3.66. The largest absolute Gasteiger partial charge is 0.481 e. The van der Waals surface area contributed by atoms with E-state index in [0.29, 0.717) is 35.7 Å². The van der Waals surface area contributed by atoms with Gasteiger partial charge in [-0.3, -0.25) is 14.4 Å². The summed E-state index contributed by atoms with van der Waals surface area (Å²) in [5, 5.41) is 12.5. The van der Waals surface area contributed by atoms with E-state index in [9.17, 15) is 14.4 Å². The zero-order valence-electron chi connectivity index (χ0n) is 11.8. The number of nitrogens with one attached hydrogen (secondary N) is 2. The van der Waals surface area contributed by atoms with Crippen LogP contribution in [-0.2, 0) is 4.79 Å². The van der Waals surface area contributed by atoms with Gasteiger partial charge in [0.05, 0.1) is 11.5 Å². The summed E-state index contributed by atoms with van der Waals surface area (Å²) in [5.41, 5.74) is 0.590. The van der Waals surface area contributed by atoms with Crippen LogP contribution in [0.25, 0.3) is 10.9 Å². The lowest BCUT2D eigenvalue weighted by Crippen LogP contribution is -2.34. The third-order valence-corrected chi connectivity index (χ3v) is 4.11. The van der Waals surface area contributed by atoms with Gasteiger partial charge < -0.3 is 15.4 Å². The Hall–Kier alpha value is -2.63. The first-order valence-electron chi connectivity index (χ1n) is 7.20. The lowest BCUT2D eigenvalue weighted by atomic mass is 10.1. The molecule has 1 fully saturated rings. The molecule has 1 saturated carbocycles.